The number of para-hydroxylation sites is 1. The van der Waals surface area contributed by atoms with Crippen molar-refractivity contribution in [1.82, 2.24) is 20.1 Å². The van der Waals surface area contributed by atoms with Gasteiger partial charge in [0.25, 0.3) is 0 Å². The first-order valence-electron chi connectivity index (χ1n) is 14.2. The monoisotopic (exact) mass is 511 g/mol. The molecule has 1 N–H and O–H groups in total. The number of rotatable bonds is 9. The summed E-state index contributed by atoms with van der Waals surface area (Å²) < 4.78 is 0. The molecule has 2 unspecified atom stereocenters. The standard InChI is InChI=1S/C32H41N5O/c1-4-17-37-25(3)28(23-30(37)26-10-6-5-7-11-26)32(38)33-16-9-18-35-19-21-36(22-20-35)29-13-8-12-27-15-14-24(2)34-31(27)29/h5-8,10-15,23,25,28H,4,9,16-22H2,1-3H3,(H,33,38). The molecule has 200 valence electrons. The fourth-order valence-corrected chi connectivity index (χ4v) is 5.88. The summed E-state index contributed by atoms with van der Waals surface area (Å²) in [5.74, 6) is 0.0337. The molecule has 5 rings (SSSR count). The Morgan fingerprint density at radius 1 is 0.974 bits per heavy atom. The van der Waals surface area contributed by atoms with Crippen molar-refractivity contribution < 1.29 is 4.79 Å². The number of benzene rings is 2. The fraction of sp³-hybridized carbons (Fsp3) is 0.438. The van der Waals surface area contributed by atoms with E-state index in [0.29, 0.717) is 0 Å². The SMILES string of the molecule is CCCN1C(c2ccccc2)=CC(C(=O)NCCCN2CCN(c3cccc4ccc(C)nc34)CC2)C1C. The number of carbonyl (C=O) groups excluding carboxylic acids is 1. The van der Waals surface area contributed by atoms with Crippen LogP contribution >= 0.6 is 0 Å². The smallest absolute Gasteiger partial charge is 0.229 e. The molecular weight excluding hydrogens is 470 g/mol. The predicted octanol–water partition coefficient (Wildman–Crippen LogP) is 4.94. The van der Waals surface area contributed by atoms with E-state index >= 15 is 0 Å². The Labute approximate surface area is 227 Å². The summed E-state index contributed by atoms with van der Waals surface area (Å²) in [7, 11) is 0. The Hall–Kier alpha value is -3.38. The molecule has 2 aliphatic rings. The molecule has 0 radical (unpaired) electrons. The lowest BCUT2D eigenvalue weighted by atomic mass is 10.0. The molecule has 1 aromatic heterocycles. The van der Waals surface area contributed by atoms with Crippen LogP contribution in [0.5, 0.6) is 0 Å². The largest absolute Gasteiger partial charge is 0.367 e. The molecule has 0 aliphatic carbocycles. The highest BCUT2D eigenvalue weighted by Crippen LogP contribution is 2.34. The number of piperazine rings is 1. The molecule has 1 saturated heterocycles. The lowest BCUT2D eigenvalue weighted by molar-refractivity contribution is -0.124. The number of carbonyl (C=O) groups is 1. The Bertz CT molecular complexity index is 1270. The first-order valence-corrected chi connectivity index (χ1v) is 14.2. The molecule has 38 heavy (non-hydrogen) atoms. The van der Waals surface area contributed by atoms with Crippen molar-refractivity contribution in [3.8, 4) is 0 Å². The van der Waals surface area contributed by atoms with E-state index in [-0.39, 0.29) is 17.9 Å². The topological polar surface area (TPSA) is 51.7 Å². The maximum atomic E-state index is 13.2. The van der Waals surface area contributed by atoms with Gasteiger partial charge in [-0.3, -0.25) is 14.7 Å². The van der Waals surface area contributed by atoms with Crippen LogP contribution in [0.15, 0.2) is 66.7 Å². The van der Waals surface area contributed by atoms with Gasteiger partial charge in [-0.15, -0.1) is 0 Å². The van der Waals surface area contributed by atoms with Crippen molar-refractivity contribution >= 4 is 28.2 Å². The van der Waals surface area contributed by atoms with Gasteiger partial charge in [0.15, 0.2) is 0 Å². The van der Waals surface area contributed by atoms with Crippen LogP contribution < -0.4 is 10.2 Å². The number of aryl methyl sites for hydroxylation is 1. The van der Waals surface area contributed by atoms with Gasteiger partial charge in [-0.05, 0) is 57.0 Å². The summed E-state index contributed by atoms with van der Waals surface area (Å²) in [6.45, 7) is 13.2. The molecule has 3 heterocycles. The van der Waals surface area contributed by atoms with Gasteiger partial charge in [0.05, 0.1) is 17.1 Å². The van der Waals surface area contributed by atoms with Crippen molar-refractivity contribution in [1.29, 1.82) is 0 Å². The Kier molecular flexibility index (Phi) is 8.28. The van der Waals surface area contributed by atoms with Crippen molar-refractivity contribution in [2.24, 2.45) is 5.92 Å². The normalized spacial score (nSPS) is 20.1. The third kappa shape index (κ3) is 5.70. The van der Waals surface area contributed by atoms with E-state index in [1.54, 1.807) is 0 Å². The van der Waals surface area contributed by atoms with E-state index < -0.39 is 0 Å². The minimum atomic E-state index is -0.113. The lowest BCUT2D eigenvalue weighted by Gasteiger charge is -2.36. The highest BCUT2D eigenvalue weighted by atomic mass is 16.1. The maximum absolute atomic E-state index is 13.2. The van der Waals surface area contributed by atoms with E-state index in [9.17, 15) is 4.79 Å². The second kappa shape index (κ2) is 12.0. The third-order valence-electron chi connectivity index (χ3n) is 8.00. The van der Waals surface area contributed by atoms with Crippen LogP contribution in [0.2, 0.25) is 0 Å². The summed E-state index contributed by atoms with van der Waals surface area (Å²) in [4.78, 5) is 25.4. The van der Waals surface area contributed by atoms with E-state index in [1.165, 1.54) is 22.3 Å². The van der Waals surface area contributed by atoms with Crippen LogP contribution in [0.3, 0.4) is 0 Å². The van der Waals surface area contributed by atoms with Gasteiger partial charge in [0.1, 0.15) is 0 Å². The molecule has 1 fully saturated rings. The Morgan fingerprint density at radius 2 is 1.76 bits per heavy atom. The minimum absolute atomic E-state index is 0.113. The van der Waals surface area contributed by atoms with Crippen LogP contribution in [-0.2, 0) is 4.79 Å². The number of pyridine rings is 1. The lowest BCUT2D eigenvalue weighted by Crippen LogP contribution is -2.47. The van der Waals surface area contributed by atoms with E-state index in [1.807, 2.05) is 6.07 Å². The van der Waals surface area contributed by atoms with Crippen molar-refractivity contribution in [3.05, 3.63) is 78.0 Å². The van der Waals surface area contributed by atoms with E-state index in [2.05, 4.69) is 101 Å². The molecule has 2 aliphatic heterocycles. The first-order chi connectivity index (χ1) is 18.5. The quantitative estimate of drug-likeness (QED) is 0.412. The van der Waals surface area contributed by atoms with Gasteiger partial charge in [-0.2, -0.15) is 0 Å². The summed E-state index contributed by atoms with van der Waals surface area (Å²) in [5.41, 5.74) is 5.78. The molecule has 6 heteroatoms. The first kappa shape index (κ1) is 26.2. The third-order valence-corrected chi connectivity index (χ3v) is 8.00. The molecule has 0 saturated carbocycles. The van der Waals surface area contributed by atoms with E-state index in [0.717, 1.165) is 69.9 Å². The summed E-state index contributed by atoms with van der Waals surface area (Å²) >= 11 is 0. The summed E-state index contributed by atoms with van der Waals surface area (Å²) in [6.07, 6.45) is 4.20. The molecular formula is C32H41N5O. The number of hydrogen-bond donors (Lipinski definition) is 1. The van der Waals surface area contributed by atoms with Gasteiger partial charge in [-0.1, -0.05) is 55.5 Å². The summed E-state index contributed by atoms with van der Waals surface area (Å²) in [5, 5.41) is 4.43. The zero-order chi connectivity index (χ0) is 26.5. The van der Waals surface area contributed by atoms with Gasteiger partial charge >= 0.3 is 0 Å². The van der Waals surface area contributed by atoms with Gasteiger partial charge in [0.2, 0.25) is 5.91 Å². The number of nitrogens with zero attached hydrogens (tertiary/aromatic N) is 4. The molecule has 1 amide bonds. The fourth-order valence-electron chi connectivity index (χ4n) is 5.88. The maximum Gasteiger partial charge on any atom is 0.229 e. The average Bonchev–Trinajstić information content (AvgIpc) is 3.27. The van der Waals surface area contributed by atoms with Crippen LogP contribution in [0.25, 0.3) is 16.6 Å². The molecule has 0 spiro atoms. The molecule has 2 atom stereocenters. The van der Waals surface area contributed by atoms with Crippen LogP contribution in [0, 0.1) is 12.8 Å². The predicted molar refractivity (Wildman–Crippen MR) is 157 cm³/mol. The zero-order valence-electron chi connectivity index (χ0n) is 23.1. The van der Waals surface area contributed by atoms with Crippen molar-refractivity contribution in [2.75, 3.05) is 50.7 Å². The van der Waals surface area contributed by atoms with Gasteiger partial charge < -0.3 is 15.1 Å². The Balaban J connectivity index is 1.10. The zero-order valence-corrected chi connectivity index (χ0v) is 23.1. The Morgan fingerprint density at radius 3 is 2.53 bits per heavy atom. The van der Waals surface area contributed by atoms with Crippen molar-refractivity contribution in [3.63, 3.8) is 0 Å². The molecule has 0 bridgehead atoms. The van der Waals surface area contributed by atoms with Crippen LogP contribution in [0.4, 0.5) is 5.69 Å². The van der Waals surface area contributed by atoms with Crippen LogP contribution in [-0.4, -0.2) is 72.5 Å². The number of nitrogens with one attached hydrogen (secondary N) is 1. The van der Waals surface area contributed by atoms with Crippen LogP contribution in [0.1, 0.15) is 37.9 Å². The molecule has 6 nitrogen and oxygen atoms in total. The number of amides is 1. The summed E-state index contributed by atoms with van der Waals surface area (Å²) in [6, 6.07) is 21.3. The number of aromatic nitrogens is 1. The number of anilines is 1. The average molecular weight is 512 g/mol. The highest BCUT2D eigenvalue weighted by Gasteiger charge is 2.35. The van der Waals surface area contributed by atoms with Crippen molar-refractivity contribution in [2.45, 2.75) is 39.7 Å². The second-order valence-electron chi connectivity index (χ2n) is 10.7. The second-order valence-corrected chi connectivity index (χ2v) is 10.7. The number of hydrogen-bond acceptors (Lipinski definition) is 5. The number of fused-ring (bicyclic) bond motifs is 1. The van der Waals surface area contributed by atoms with Gasteiger partial charge in [0, 0.05) is 62.1 Å². The minimum Gasteiger partial charge on any atom is -0.367 e. The van der Waals surface area contributed by atoms with Gasteiger partial charge in [-0.25, -0.2) is 0 Å². The highest BCUT2D eigenvalue weighted by molar-refractivity contribution is 5.91. The van der Waals surface area contributed by atoms with E-state index in [4.69, 9.17) is 4.98 Å². The molecule has 2 aromatic carbocycles. The molecule has 3 aromatic rings.